The highest BCUT2D eigenvalue weighted by molar-refractivity contribution is 14.0. The van der Waals surface area contributed by atoms with Gasteiger partial charge >= 0.3 is 0 Å². The fourth-order valence-electron chi connectivity index (χ4n) is 3.80. The Morgan fingerprint density at radius 2 is 1.97 bits per heavy atom. The van der Waals surface area contributed by atoms with E-state index in [1.807, 2.05) is 35.2 Å². The third kappa shape index (κ3) is 5.78. The van der Waals surface area contributed by atoms with Crippen molar-refractivity contribution in [2.75, 3.05) is 13.6 Å². The van der Waals surface area contributed by atoms with E-state index in [2.05, 4.69) is 46.8 Å². The normalized spacial score (nSPS) is 15.1. The predicted molar refractivity (Wildman–Crippen MR) is 134 cm³/mol. The number of furan rings is 1. The largest absolute Gasteiger partial charge is 0.459 e. The molecule has 0 radical (unpaired) electrons. The minimum Gasteiger partial charge on any atom is -0.459 e. The summed E-state index contributed by atoms with van der Waals surface area (Å²) in [5.41, 5.74) is 3.19. The average Bonchev–Trinajstić information content (AvgIpc) is 3.37. The Labute approximate surface area is 200 Å². The molecule has 1 aliphatic heterocycles. The summed E-state index contributed by atoms with van der Waals surface area (Å²) in [4.78, 5) is 18.1. The first kappa shape index (κ1) is 23.1. The summed E-state index contributed by atoms with van der Waals surface area (Å²) >= 11 is 0. The summed E-state index contributed by atoms with van der Waals surface area (Å²) in [5, 5.41) is 7.85. The van der Waals surface area contributed by atoms with E-state index in [9.17, 15) is 4.79 Å². The summed E-state index contributed by atoms with van der Waals surface area (Å²) < 4.78 is 5.95. The summed E-state index contributed by atoms with van der Waals surface area (Å²) in [5.74, 6) is 1.84. The number of halogens is 1. The van der Waals surface area contributed by atoms with Crippen LogP contribution in [0.3, 0.4) is 0 Å². The molecule has 0 aliphatic carbocycles. The first-order chi connectivity index (χ1) is 14.6. The van der Waals surface area contributed by atoms with E-state index in [4.69, 9.17) is 4.42 Å². The number of nitrogens with zero attached hydrogens (tertiary/aromatic N) is 2. The SMILES string of the molecule is CN=C(NCc1cccc(CN2CCCC2=O)c1)NC(C)c1cc2ccccc2o1.I. The van der Waals surface area contributed by atoms with Crippen molar-refractivity contribution in [3.8, 4) is 0 Å². The number of carbonyl (C=O) groups is 1. The van der Waals surface area contributed by atoms with Crippen LogP contribution in [-0.2, 0) is 17.9 Å². The van der Waals surface area contributed by atoms with Crippen LogP contribution in [0, 0.1) is 0 Å². The van der Waals surface area contributed by atoms with Crippen LogP contribution in [0.4, 0.5) is 0 Å². The Morgan fingerprint density at radius 1 is 1.16 bits per heavy atom. The molecule has 3 aromatic rings. The van der Waals surface area contributed by atoms with Crippen molar-refractivity contribution < 1.29 is 9.21 Å². The lowest BCUT2D eigenvalue weighted by atomic mass is 10.1. The van der Waals surface area contributed by atoms with Crippen molar-refractivity contribution in [1.82, 2.24) is 15.5 Å². The molecule has 2 N–H and O–H groups in total. The Kier molecular flexibility index (Phi) is 7.95. The number of fused-ring (bicyclic) bond motifs is 1. The minimum absolute atomic E-state index is 0. The maximum absolute atomic E-state index is 11.9. The first-order valence-electron chi connectivity index (χ1n) is 10.4. The molecule has 6 nitrogen and oxygen atoms in total. The highest BCUT2D eigenvalue weighted by Crippen LogP contribution is 2.23. The van der Waals surface area contributed by atoms with Gasteiger partial charge in [-0.3, -0.25) is 9.79 Å². The Morgan fingerprint density at radius 3 is 2.71 bits per heavy atom. The minimum atomic E-state index is -0.0175. The number of carbonyl (C=O) groups excluding carboxylic acids is 1. The Hall–Kier alpha value is -2.55. The second-order valence-corrected chi connectivity index (χ2v) is 7.72. The summed E-state index contributed by atoms with van der Waals surface area (Å²) in [6.07, 6.45) is 1.64. The van der Waals surface area contributed by atoms with Crippen molar-refractivity contribution in [1.29, 1.82) is 0 Å². The summed E-state index contributed by atoms with van der Waals surface area (Å²) in [7, 11) is 1.76. The number of guanidine groups is 1. The monoisotopic (exact) mass is 532 g/mol. The number of rotatable bonds is 6. The Balaban J connectivity index is 0.00000272. The van der Waals surface area contributed by atoms with E-state index in [1.54, 1.807) is 7.05 Å². The van der Waals surface area contributed by atoms with Crippen LogP contribution < -0.4 is 10.6 Å². The van der Waals surface area contributed by atoms with Crippen LogP contribution in [0.25, 0.3) is 11.0 Å². The standard InChI is InChI=1S/C24H28N4O2.HI/c1-17(22-14-20-9-3-4-10-21(20)30-22)27-24(25-2)26-15-18-7-5-8-19(13-18)16-28-12-6-11-23(28)29;/h3-5,7-10,13-14,17H,6,11-12,15-16H2,1-2H3,(H2,25,26,27);1H. The van der Waals surface area contributed by atoms with E-state index in [0.29, 0.717) is 25.5 Å². The van der Waals surface area contributed by atoms with Crippen molar-refractivity contribution in [2.24, 2.45) is 4.99 Å². The number of likely N-dealkylation sites (tertiary alicyclic amines) is 1. The molecule has 1 amide bonds. The number of para-hydroxylation sites is 1. The maximum Gasteiger partial charge on any atom is 0.222 e. The predicted octanol–water partition coefficient (Wildman–Crippen LogP) is 4.60. The van der Waals surface area contributed by atoms with Crippen LogP contribution in [0.1, 0.15) is 42.7 Å². The second kappa shape index (κ2) is 10.7. The zero-order valence-corrected chi connectivity index (χ0v) is 20.3. The van der Waals surface area contributed by atoms with Crippen LogP contribution in [0.15, 0.2) is 64.0 Å². The van der Waals surface area contributed by atoms with Crippen molar-refractivity contribution in [3.05, 3.63) is 71.5 Å². The Bertz CT molecular complexity index is 1030. The molecule has 1 aromatic heterocycles. The molecule has 1 unspecified atom stereocenters. The second-order valence-electron chi connectivity index (χ2n) is 7.72. The van der Waals surface area contributed by atoms with Crippen molar-refractivity contribution >= 4 is 46.8 Å². The molecule has 4 rings (SSSR count). The van der Waals surface area contributed by atoms with Gasteiger partial charge in [0.1, 0.15) is 11.3 Å². The van der Waals surface area contributed by atoms with Gasteiger partial charge in [-0.1, -0.05) is 42.5 Å². The molecule has 1 fully saturated rings. The van der Waals surface area contributed by atoms with Crippen LogP contribution in [0.5, 0.6) is 0 Å². The zero-order chi connectivity index (χ0) is 20.9. The first-order valence-corrected chi connectivity index (χ1v) is 10.4. The molecule has 0 spiro atoms. The average molecular weight is 532 g/mol. The van der Waals surface area contributed by atoms with Gasteiger partial charge in [0.25, 0.3) is 0 Å². The fourth-order valence-corrected chi connectivity index (χ4v) is 3.80. The maximum atomic E-state index is 11.9. The highest BCUT2D eigenvalue weighted by Gasteiger charge is 2.20. The highest BCUT2D eigenvalue weighted by atomic mass is 127. The van der Waals surface area contributed by atoms with E-state index in [-0.39, 0.29) is 35.9 Å². The number of aliphatic imine (C=N–C) groups is 1. The number of hydrogen-bond acceptors (Lipinski definition) is 3. The number of hydrogen-bond donors (Lipinski definition) is 2. The molecular weight excluding hydrogens is 503 g/mol. The number of nitrogens with one attached hydrogen (secondary N) is 2. The van der Waals surface area contributed by atoms with E-state index >= 15 is 0 Å². The topological polar surface area (TPSA) is 69.9 Å². The number of amides is 1. The van der Waals surface area contributed by atoms with Crippen molar-refractivity contribution in [2.45, 2.75) is 38.9 Å². The number of benzene rings is 2. The molecule has 0 saturated carbocycles. The van der Waals surface area contributed by atoms with Crippen molar-refractivity contribution in [3.63, 3.8) is 0 Å². The molecule has 2 aromatic carbocycles. The molecular formula is C24H29IN4O2. The lowest BCUT2D eigenvalue weighted by Gasteiger charge is -2.18. The molecule has 1 aliphatic rings. The quantitative estimate of drug-likeness (QED) is 0.277. The molecule has 164 valence electrons. The smallest absolute Gasteiger partial charge is 0.222 e. The van der Waals surface area contributed by atoms with Gasteiger partial charge < -0.3 is 20.0 Å². The van der Waals surface area contributed by atoms with Gasteiger partial charge in [-0.25, -0.2) is 0 Å². The van der Waals surface area contributed by atoms with Gasteiger partial charge in [0.2, 0.25) is 5.91 Å². The van der Waals surface area contributed by atoms with E-state index < -0.39 is 0 Å². The van der Waals surface area contributed by atoms with Gasteiger partial charge in [-0.15, -0.1) is 24.0 Å². The molecule has 0 bridgehead atoms. The molecule has 1 saturated heterocycles. The zero-order valence-electron chi connectivity index (χ0n) is 17.9. The van der Waals surface area contributed by atoms with E-state index in [0.717, 1.165) is 40.8 Å². The van der Waals surface area contributed by atoms with E-state index in [1.165, 1.54) is 0 Å². The van der Waals surface area contributed by atoms with Crippen LogP contribution >= 0.6 is 24.0 Å². The third-order valence-electron chi connectivity index (χ3n) is 5.44. The van der Waals surface area contributed by atoms with Gasteiger partial charge in [-0.05, 0) is 36.6 Å². The lowest BCUT2D eigenvalue weighted by Crippen LogP contribution is -2.38. The summed E-state index contributed by atoms with van der Waals surface area (Å²) in [6, 6.07) is 18.4. The van der Waals surface area contributed by atoms with Crippen LogP contribution in [0.2, 0.25) is 0 Å². The van der Waals surface area contributed by atoms with Gasteiger partial charge in [0, 0.05) is 38.5 Å². The lowest BCUT2D eigenvalue weighted by molar-refractivity contribution is -0.128. The van der Waals surface area contributed by atoms with Gasteiger partial charge in [0.15, 0.2) is 5.96 Å². The fraction of sp³-hybridized carbons (Fsp3) is 0.333. The summed E-state index contributed by atoms with van der Waals surface area (Å²) in [6.45, 7) is 4.24. The van der Waals surface area contributed by atoms with Gasteiger partial charge in [-0.2, -0.15) is 0 Å². The molecule has 31 heavy (non-hydrogen) atoms. The van der Waals surface area contributed by atoms with Gasteiger partial charge in [0.05, 0.1) is 6.04 Å². The van der Waals surface area contributed by atoms with Crippen LogP contribution in [-0.4, -0.2) is 30.4 Å². The molecule has 1 atom stereocenters. The molecule has 7 heteroatoms. The third-order valence-corrected chi connectivity index (χ3v) is 5.44. The molecule has 2 heterocycles.